The maximum atomic E-state index is 11.6. The Bertz CT molecular complexity index is 504. The van der Waals surface area contributed by atoms with Crippen molar-refractivity contribution in [2.45, 2.75) is 12.3 Å². The molecule has 0 heterocycles. The number of carbonyl (C=O) groups excluding carboxylic acids is 2. The van der Waals surface area contributed by atoms with E-state index in [1.54, 1.807) is 18.2 Å². The van der Waals surface area contributed by atoms with Gasteiger partial charge in [-0.15, -0.1) is 0 Å². The predicted octanol–water partition coefficient (Wildman–Crippen LogP) is 2.13. The zero-order valence-electron chi connectivity index (χ0n) is 9.36. The summed E-state index contributed by atoms with van der Waals surface area (Å²) in [5, 5.41) is 1.09. The predicted molar refractivity (Wildman–Crippen MR) is 67.5 cm³/mol. The van der Waals surface area contributed by atoms with E-state index in [0.29, 0.717) is 16.5 Å². The molecular weight excluding hydrogens is 277 g/mol. The number of amides is 1. The minimum absolute atomic E-state index is 0.0372. The normalized spacial score (nSPS) is 21.4. The second-order valence-electron chi connectivity index (χ2n) is 4.19. The van der Waals surface area contributed by atoms with Gasteiger partial charge in [-0.2, -0.15) is 0 Å². The molecule has 1 saturated carbocycles. The lowest BCUT2D eigenvalue weighted by molar-refractivity contribution is -0.149. The topological polar surface area (TPSA) is 69.4 Å². The summed E-state index contributed by atoms with van der Waals surface area (Å²) in [7, 11) is 0. The van der Waals surface area contributed by atoms with Crippen LogP contribution in [0.25, 0.3) is 0 Å². The first-order valence-electron chi connectivity index (χ1n) is 5.39. The van der Waals surface area contributed by atoms with E-state index in [1.807, 2.05) is 0 Å². The van der Waals surface area contributed by atoms with Crippen molar-refractivity contribution in [2.75, 3.05) is 6.61 Å². The van der Waals surface area contributed by atoms with Gasteiger partial charge in [0.15, 0.2) is 6.61 Å². The minimum atomic E-state index is -0.662. The second kappa shape index (κ2) is 5.16. The van der Waals surface area contributed by atoms with E-state index in [2.05, 4.69) is 0 Å². The third-order valence-electron chi connectivity index (χ3n) is 2.81. The number of hydrogen-bond acceptors (Lipinski definition) is 3. The quantitative estimate of drug-likeness (QED) is 0.863. The molecule has 2 N–H and O–H groups in total. The highest BCUT2D eigenvalue weighted by Gasteiger charge is 2.46. The fourth-order valence-corrected chi connectivity index (χ4v) is 2.40. The van der Waals surface area contributed by atoms with E-state index in [9.17, 15) is 9.59 Å². The zero-order valence-corrected chi connectivity index (χ0v) is 10.9. The highest BCUT2D eigenvalue weighted by Crippen LogP contribution is 2.50. The first-order chi connectivity index (χ1) is 8.49. The summed E-state index contributed by atoms with van der Waals surface area (Å²) in [6, 6.07) is 5.17. The van der Waals surface area contributed by atoms with E-state index >= 15 is 0 Å². The average Bonchev–Trinajstić information content (AvgIpc) is 3.05. The fourth-order valence-electron chi connectivity index (χ4n) is 1.85. The van der Waals surface area contributed by atoms with Gasteiger partial charge in [-0.25, -0.2) is 0 Å². The maximum absolute atomic E-state index is 11.6. The maximum Gasteiger partial charge on any atom is 0.310 e. The van der Waals surface area contributed by atoms with Gasteiger partial charge in [-0.1, -0.05) is 29.3 Å². The summed E-state index contributed by atoms with van der Waals surface area (Å²) in [4.78, 5) is 22.1. The van der Waals surface area contributed by atoms with E-state index in [4.69, 9.17) is 33.7 Å². The largest absolute Gasteiger partial charge is 0.455 e. The Morgan fingerprint density at radius 1 is 1.39 bits per heavy atom. The van der Waals surface area contributed by atoms with Gasteiger partial charge in [-0.05, 0) is 30.0 Å². The van der Waals surface area contributed by atoms with Gasteiger partial charge in [-0.3, -0.25) is 9.59 Å². The number of halogens is 2. The van der Waals surface area contributed by atoms with Crippen LogP contribution in [-0.2, 0) is 14.3 Å². The summed E-state index contributed by atoms with van der Waals surface area (Å²) >= 11 is 11.8. The summed E-state index contributed by atoms with van der Waals surface area (Å²) in [6.07, 6.45) is 0.666. The van der Waals surface area contributed by atoms with Gasteiger partial charge in [0.05, 0.1) is 5.92 Å². The molecule has 4 nitrogen and oxygen atoms in total. The van der Waals surface area contributed by atoms with Crippen LogP contribution in [-0.4, -0.2) is 18.5 Å². The number of primary amides is 1. The van der Waals surface area contributed by atoms with Gasteiger partial charge in [0.25, 0.3) is 5.91 Å². The number of rotatable bonds is 4. The number of ether oxygens (including phenoxy) is 1. The van der Waals surface area contributed by atoms with Crippen LogP contribution >= 0.6 is 23.2 Å². The number of benzene rings is 1. The number of hydrogen-bond donors (Lipinski definition) is 1. The molecule has 1 aromatic carbocycles. The van der Waals surface area contributed by atoms with Crippen LogP contribution in [0.5, 0.6) is 0 Å². The molecule has 1 aliphatic carbocycles. The van der Waals surface area contributed by atoms with Crippen molar-refractivity contribution in [2.24, 2.45) is 11.7 Å². The Hall–Kier alpha value is -1.26. The molecule has 2 rings (SSSR count). The molecule has 0 aliphatic heterocycles. The van der Waals surface area contributed by atoms with Crippen molar-refractivity contribution in [1.82, 2.24) is 0 Å². The van der Waals surface area contributed by atoms with E-state index < -0.39 is 11.9 Å². The Kier molecular flexibility index (Phi) is 3.78. The number of esters is 1. The first kappa shape index (κ1) is 13.2. The van der Waals surface area contributed by atoms with E-state index in [-0.39, 0.29) is 18.4 Å². The van der Waals surface area contributed by atoms with Crippen LogP contribution in [0.15, 0.2) is 18.2 Å². The molecule has 0 saturated heterocycles. The lowest BCUT2D eigenvalue weighted by Gasteiger charge is -2.04. The van der Waals surface area contributed by atoms with Gasteiger partial charge in [0.1, 0.15) is 0 Å². The summed E-state index contributed by atoms with van der Waals surface area (Å²) in [5.74, 6) is -1.28. The molecule has 0 unspecified atom stereocenters. The van der Waals surface area contributed by atoms with Crippen molar-refractivity contribution < 1.29 is 14.3 Å². The van der Waals surface area contributed by atoms with Crippen LogP contribution in [0.1, 0.15) is 17.9 Å². The van der Waals surface area contributed by atoms with Crippen LogP contribution in [0.4, 0.5) is 0 Å². The number of carbonyl (C=O) groups is 2. The van der Waals surface area contributed by atoms with Crippen LogP contribution < -0.4 is 5.73 Å². The van der Waals surface area contributed by atoms with Crippen molar-refractivity contribution in [3.8, 4) is 0 Å². The molecule has 0 radical (unpaired) electrons. The lowest BCUT2D eigenvalue weighted by Crippen LogP contribution is -2.21. The standard InChI is InChI=1S/C12H11Cl2NO3/c13-6-1-2-7(10(14)3-6)8-4-9(8)12(17)18-5-11(15)16/h1-3,8-9H,4-5H2,(H2,15,16)/t8-,9+/m0/s1. The van der Waals surface area contributed by atoms with Gasteiger partial charge in [0, 0.05) is 10.0 Å². The minimum Gasteiger partial charge on any atom is -0.455 e. The van der Waals surface area contributed by atoms with Crippen LogP contribution in [0.2, 0.25) is 10.0 Å². The molecule has 96 valence electrons. The van der Waals surface area contributed by atoms with Crippen LogP contribution in [0, 0.1) is 5.92 Å². The second-order valence-corrected chi connectivity index (χ2v) is 5.03. The monoisotopic (exact) mass is 287 g/mol. The average molecular weight is 288 g/mol. The molecule has 1 aromatic rings. The third-order valence-corrected chi connectivity index (χ3v) is 3.37. The molecule has 1 fully saturated rings. The molecule has 6 heteroatoms. The summed E-state index contributed by atoms with van der Waals surface area (Å²) in [6.45, 7) is -0.379. The molecule has 0 spiro atoms. The van der Waals surface area contributed by atoms with Crippen molar-refractivity contribution in [3.05, 3.63) is 33.8 Å². The molecule has 0 bridgehead atoms. The molecule has 0 aromatic heterocycles. The van der Waals surface area contributed by atoms with Gasteiger partial charge in [0.2, 0.25) is 0 Å². The van der Waals surface area contributed by atoms with Crippen LogP contribution in [0.3, 0.4) is 0 Å². The molecule has 1 amide bonds. The Morgan fingerprint density at radius 2 is 2.11 bits per heavy atom. The SMILES string of the molecule is NC(=O)COC(=O)[C@@H]1C[C@H]1c1ccc(Cl)cc1Cl. The summed E-state index contributed by atoms with van der Waals surface area (Å²) in [5.41, 5.74) is 5.77. The zero-order chi connectivity index (χ0) is 13.3. The van der Waals surface area contributed by atoms with E-state index in [0.717, 1.165) is 5.56 Å². The number of nitrogens with two attached hydrogens (primary N) is 1. The molecular formula is C12H11Cl2NO3. The Labute approximate surface area is 114 Å². The third kappa shape index (κ3) is 2.94. The van der Waals surface area contributed by atoms with E-state index in [1.165, 1.54) is 0 Å². The first-order valence-corrected chi connectivity index (χ1v) is 6.14. The van der Waals surface area contributed by atoms with Crippen molar-refractivity contribution >= 4 is 35.1 Å². The lowest BCUT2D eigenvalue weighted by atomic mass is 10.1. The van der Waals surface area contributed by atoms with Crippen molar-refractivity contribution in [1.29, 1.82) is 0 Å². The molecule has 18 heavy (non-hydrogen) atoms. The van der Waals surface area contributed by atoms with Gasteiger partial charge >= 0.3 is 5.97 Å². The molecule has 1 aliphatic rings. The smallest absolute Gasteiger partial charge is 0.310 e. The van der Waals surface area contributed by atoms with Crippen molar-refractivity contribution in [3.63, 3.8) is 0 Å². The van der Waals surface area contributed by atoms with Gasteiger partial charge < -0.3 is 10.5 Å². The highest BCUT2D eigenvalue weighted by atomic mass is 35.5. The fraction of sp³-hybridized carbons (Fsp3) is 0.333. The highest BCUT2D eigenvalue weighted by molar-refractivity contribution is 6.35. The summed E-state index contributed by atoms with van der Waals surface area (Å²) < 4.78 is 4.76. The molecule has 2 atom stereocenters. The Balaban J connectivity index is 1.98. The Morgan fingerprint density at radius 3 is 2.72 bits per heavy atom.